The number of hydrogen-bond donors (Lipinski definition) is 3. The highest BCUT2D eigenvalue weighted by molar-refractivity contribution is 5.88. The lowest BCUT2D eigenvalue weighted by atomic mass is 10.1. The van der Waals surface area contributed by atoms with Crippen molar-refractivity contribution in [2.24, 2.45) is 0 Å². The molecule has 0 rings (SSSR count). The van der Waals surface area contributed by atoms with E-state index in [4.69, 9.17) is 0 Å². The first kappa shape index (κ1) is 29.4. The number of carbonyl (C=O) groups is 3. The van der Waals surface area contributed by atoms with E-state index in [2.05, 4.69) is 36.7 Å². The van der Waals surface area contributed by atoms with Gasteiger partial charge < -0.3 is 16.0 Å². The predicted octanol–water partition coefficient (Wildman–Crippen LogP) is 5.00. The average Bonchev–Trinajstić information content (AvgIpc) is 2.75. The Morgan fingerprint density at radius 1 is 0.581 bits per heavy atom. The van der Waals surface area contributed by atoms with E-state index in [1.165, 1.54) is 38.5 Å². The first-order chi connectivity index (χ1) is 15.0. The Hall–Kier alpha value is -1.59. The van der Waals surface area contributed by atoms with Gasteiger partial charge in [0.2, 0.25) is 17.7 Å². The summed E-state index contributed by atoms with van der Waals surface area (Å²) < 4.78 is 0. The van der Waals surface area contributed by atoms with Crippen LogP contribution in [0.3, 0.4) is 0 Å². The molecule has 0 aromatic carbocycles. The Labute approximate surface area is 191 Å². The molecule has 0 fully saturated rings. The van der Waals surface area contributed by atoms with Gasteiger partial charge in [0.05, 0.1) is 0 Å². The molecule has 0 spiro atoms. The van der Waals surface area contributed by atoms with Gasteiger partial charge in [-0.25, -0.2) is 0 Å². The van der Waals surface area contributed by atoms with Crippen molar-refractivity contribution in [1.29, 1.82) is 0 Å². The summed E-state index contributed by atoms with van der Waals surface area (Å²) in [7, 11) is 0. The molecule has 0 aliphatic carbocycles. The molecule has 6 nitrogen and oxygen atoms in total. The van der Waals surface area contributed by atoms with Crippen LogP contribution >= 0.6 is 0 Å². The second-order valence-electron chi connectivity index (χ2n) is 8.59. The van der Waals surface area contributed by atoms with Crippen molar-refractivity contribution in [2.75, 3.05) is 13.1 Å². The van der Waals surface area contributed by atoms with Gasteiger partial charge in [0.25, 0.3) is 0 Å². The maximum atomic E-state index is 12.5. The lowest BCUT2D eigenvalue weighted by Gasteiger charge is -2.18. The number of unbranched alkanes of at least 4 members (excludes halogenated alkanes) is 10. The smallest absolute Gasteiger partial charge is 0.242 e. The zero-order valence-corrected chi connectivity index (χ0v) is 20.5. The van der Waals surface area contributed by atoms with Crippen LogP contribution in [-0.2, 0) is 14.4 Å². The molecule has 3 N–H and O–H groups in total. The molecular formula is C25H49N3O3. The first-order valence-electron chi connectivity index (χ1n) is 12.9. The third-order valence-corrected chi connectivity index (χ3v) is 5.50. The maximum absolute atomic E-state index is 12.5. The van der Waals surface area contributed by atoms with Gasteiger partial charge in [-0.2, -0.15) is 0 Å². The molecule has 0 radical (unpaired) electrons. The van der Waals surface area contributed by atoms with E-state index in [1.54, 1.807) is 0 Å². The largest absolute Gasteiger partial charge is 0.356 e. The Morgan fingerprint density at radius 3 is 1.68 bits per heavy atom. The highest BCUT2D eigenvalue weighted by atomic mass is 16.2. The van der Waals surface area contributed by atoms with Gasteiger partial charge >= 0.3 is 0 Å². The number of amides is 3. The molecule has 0 unspecified atom stereocenters. The van der Waals surface area contributed by atoms with E-state index < -0.39 is 6.04 Å². The van der Waals surface area contributed by atoms with Crippen molar-refractivity contribution in [3.8, 4) is 0 Å². The standard InChI is InChI=1S/C25H49N3O3/c1-4-7-10-11-12-13-14-15-16-17-24(30)28-22(25(31)27-21-9-6-3)18-19-23(29)26-20-8-5-2/h22H,4-21H2,1-3H3,(H,26,29)(H,27,31)(H,28,30)/t22-/m0/s1. The van der Waals surface area contributed by atoms with Crippen LogP contribution in [0.2, 0.25) is 0 Å². The molecule has 0 aromatic heterocycles. The van der Waals surface area contributed by atoms with E-state index in [-0.39, 0.29) is 24.1 Å². The second-order valence-corrected chi connectivity index (χ2v) is 8.59. The third-order valence-electron chi connectivity index (χ3n) is 5.50. The third kappa shape index (κ3) is 18.9. The lowest BCUT2D eigenvalue weighted by Crippen LogP contribution is -2.47. The summed E-state index contributed by atoms with van der Waals surface area (Å²) in [6.45, 7) is 7.63. The molecule has 6 heteroatoms. The molecule has 0 saturated heterocycles. The van der Waals surface area contributed by atoms with Gasteiger partial charge in [0, 0.05) is 25.9 Å². The fourth-order valence-electron chi connectivity index (χ4n) is 3.41. The van der Waals surface area contributed by atoms with Gasteiger partial charge in [0.15, 0.2) is 0 Å². The molecule has 1 atom stereocenters. The van der Waals surface area contributed by atoms with Gasteiger partial charge in [-0.3, -0.25) is 14.4 Å². The zero-order chi connectivity index (χ0) is 23.2. The quantitative estimate of drug-likeness (QED) is 0.220. The Bertz CT molecular complexity index is 469. The van der Waals surface area contributed by atoms with Crippen LogP contribution in [0, 0.1) is 0 Å². The normalized spacial score (nSPS) is 11.7. The van der Waals surface area contributed by atoms with Crippen LogP contribution in [0.15, 0.2) is 0 Å². The number of rotatable bonds is 21. The number of hydrogen-bond acceptors (Lipinski definition) is 3. The fraction of sp³-hybridized carbons (Fsp3) is 0.880. The van der Waals surface area contributed by atoms with Crippen molar-refractivity contribution < 1.29 is 14.4 Å². The molecule has 31 heavy (non-hydrogen) atoms. The molecular weight excluding hydrogens is 390 g/mol. The van der Waals surface area contributed by atoms with E-state index in [9.17, 15) is 14.4 Å². The van der Waals surface area contributed by atoms with Crippen LogP contribution < -0.4 is 16.0 Å². The Kier molecular flexibility index (Phi) is 20.5. The minimum absolute atomic E-state index is 0.0620. The van der Waals surface area contributed by atoms with Crippen LogP contribution in [0.5, 0.6) is 0 Å². The van der Waals surface area contributed by atoms with Crippen molar-refractivity contribution in [2.45, 2.75) is 130 Å². The summed E-state index contributed by atoms with van der Waals surface area (Å²) in [5.74, 6) is -0.340. The van der Waals surface area contributed by atoms with E-state index in [1.807, 2.05) is 0 Å². The Balaban J connectivity index is 4.23. The highest BCUT2D eigenvalue weighted by Gasteiger charge is 2.21. The molecule has 0 heterocycles. The zero-order valence-electron chi connectivity index (χ0n) is 20.5. The molecule has 0 aromatic rings. The summed E-state index contributed by atoms with van der Waals surface area (Å²) in [6, 6.07) is -0.639. The van der Waals surface area contributed by atoms with Gasteiger partial charge in [-0.1, -0.05) is 85.0 Å². The van der Waals surface area contributed by atoms with Crippen molar-refractivity contribution in [3.05, 3.63) is 0 Å². The van der Waals surface area contributed by atoms with Gasteiger partial charge in [-0.05, 0) is 25.7 Å². The SMILES string of the molecule is CCCCCCCCCCCC(=O)N[C@@H](CCC(=O)NCCCC)C(=O)NCCCC. The minimum atomic E-state index is -0.639. The monoisotopic (exact) mass is 439 g/mol. The van der Waals surface area contributed by atoms with Crippen LogP contribution in [0.1, 0.15) is 124 Å². The molecule has 0 saturated carbocycles. The average molecular weight is 440 g/mol. The summed E-state index contributed by atoms with van der Waals surface area (Å²) in [5.41, 5.74) is 0. The van der Waals surface area contributed by atoms with Crippen LogP contribution in [-0.4, -0.2) is 36.9 Å². The lowest BCUT2D eigenvalue weighted by molar-refractivity contribution is -0.129. The van der Waals surface area contributed by atoms with E-state index in [0.29, 0.717) is 25.9 Å². The molecule has 3 amide bonds. The van der Waals surface area contributed by atoms with Crippen LogP contribution in [0.4, 0.5) is 0 Å². The highest BCUT2D eigenvalue weighted by Crippen LogP contribution is 2.10. The van der Waals surface area contributed by atoms with Gasteiger partial charge in [0.1, 0.15) is 6.04 Å². The summed E-state index contributed by atoms with van der Waals surface area (Å²) in [4.78, 5) is 36.8. The summed E-state index contributed by atoms with van der Waals surface area (Å²) >= 11 is 0. The molecule has 0 aliphatic rings. The van der Waals surface area contributed by atoms with Crippen molar-refractivity contribution >= 4 is 17.7 Å². The maximum Gasteiger partial charge on any atom is 0.242 e. The van der Waals surface area contributed by atoms with E-state index in [0.717, 1.165) is 44.9 Å². The topological polar surface area (TPSA) is 87.3 Å². The number of carbonyl (C=O) groups excluding carboxylic acids is 3. The Morgan fingerprint density at radius 2 is 1.10 bits per heavy atom. The first-order valence-corrected chi connectivity index (χ1v) is 12.9. The summed E-state index contributed by atoms with van der Waals surface area (Å²) in [6.07, 6.45) is 15.7. The molecule has 182 valence electrons. The van der Waals surface area contributed by atoms with E-state index >= 15 is 0 Å². The summed E-state index contributed by atoms with van der Waals surface area (Å²) in [5, 5.41) is 8.62. The molecule has 0 aliphatic heterocycles. The van der Waals surface area contributed by atoms with Crippen molar-refractivity contribution in [1.82, 2.24) is 16.0 Å². The van der Waals surface area contributed by atoms with Crippen molar-refractivity contribution in [3.63, 3.8) is 0 Å². The van der Waals surface area contributed by atoms with Crippen LogP contribution in [0.25, 0.3) is 0 Å². The minimum Gasteiger partial charge on any atom is -0.356 e. The second kappa shape index (κ2) is 21.6. The predicted molar refractivity (Wildman–Crippen MR) is 129 cm³/mol. The number of nitrogens with one attached hydrogen (secondary N) is 3. The fourth-order valence-corrected chi connectivity index (χ4v) is 3.41. The van der Waals surface area contributed by atoms with Gasteiger partial charge in [-0.15, -0.1) is 0 Å². The molecule has 0 bridgehead atoms.